The summed E-state index contributed by atoms with van der Waals surface area (Å²) in [5.74, 6) is -6.32. The van der Waals surface area contributed by atoms with Crippen LogP contribution in [-0.2, 0) is 0 Å². The number of rotatable bonds is 1. The van der Waals surface area contributed by atoms with Crippen molar-refractivity contribution in [3.63, 3.8) is 0 Å². The van der Waals surface area contributed by atoms with E-state index < -0.39 is 33.4 Å². The molecule has 1 aromatic rings. The van der Waals surface area contributed by atoms with E-state index in [1.54, 1.807) is 0 Å². The first-order valence-electron chi connectivity index (χ1n) is 3.56. The second-order valence-electron chi connectivity index (χ2n) is 2.14. The van der Waals surface area contributed by atoms with Crippen LogP contribution >= 0.6 is 15.9 Å². The molecule has 72 valence electrons. The molecule has 0 saturated heterocycles. The zero-order chi connectivity index (χ0) is 11.0. The van der Waals surface area contributed by atoms with Gasteiger partial charge in [-0.05, 0) is 15.9 Å². The lowest BCUT2D eigenvalue weighted by Crippen LogP contribution is -2.04. The number of nitrogens with one attached hydrogen (secondary N) is 1. The fraction of sp³-hybridized carbons (Fsp3) is 0.143. The van der Waals surface area contributed by atoms with Crippen LogP contribution in [0, 0.1) is 23.3 Å². The summed E-state index contributed by atoms with van der Waals surface area (Å²) in [6, 6.07) is 0. The number of benzene rings is 1. The van der Waals surface area contributed by atoms with Crippen LogP contribution in [0.3, 0.4) is 0 Å². The van der Waals surface area contributed by atoms with Gasteiger partial charge in [-0.2, -0.15) is 0 Å². The first kappa shape index (κ1) is 8.80. The van der Waals surface area contributed by atoms with E-state index in [2.05, 4.69) is 15.9 Å². The summed E-state index contributed by atoms with van der Waals surface area (Å²) in [4.78, 5) is 0. The lowest BCUT2D eigenvalue weighted by Gasteiger charge is -2.07. The summed E-state index contributed by atoms with van der Waals surface area (Å²) in [7, 11) is 0.953. The van der Waals surface area contributed by atoms with E-state index in [4.69, 9.17) is 1.41 Å². The highest BCUT2D eigenvalue weighted by Crippen LogP contribution is 2.30. The molecule has 1 N–H and O–H groups in total. The highest BCUT2D eigenvalue weighted by molar-refractivity contribution is 9.10. The Morgan fingerprint density at radius 2 is 1.46 bits per heavy atom. The standard InChI is InChI=1S/C7H4BrF4N/c1-13-7-5(11)3(9)2(8)4(10)6(7)12/h13H,1H3/i/hT. The average Bonchev–Trinajstić information content (AvgIpc) is 2.11. The van der Waals surface area contributed by atoms with E-state index in [1.807, 2.05) is 0 Å². The minimum Gasteiger partial charge on any atom is -0.383 e. The summed E-state index contributed by atoms with van der Waals surface area (Å²) in [6.45, 7) is 0. The van der Waals surface area contributed by atoms with Gasteiger partial charge < -0.3 is 5.31 Å². The predicted molar refractivity (Wildman–Crippen MR) is 43.5 cm³/mol. The summed E-state index contributed by atoms with van der Waals surface area (Å²) in [6.07, 6.45) is 0. The van der Waals surface area contributed by atoms with Gasteiger partial charge in [-0.25, -0.2) is 17.6 Å². The molecule has 0 radical (unpaired) electrons. The van der Waals surface area contributed by atoms with Crippen molar-refractivity contribution >= 4 is 21.6 Å². The molecule has 0 bridgehead atoms. The Balaban J connectivity index is 3.60. The molecule has 0 saturated carbocycles. The smallest absolute Gasteiger partial charge is 0.186 e. The Kier molecular flexibility index (Phi) is 2.39. The molecule has 13 heavy (non-hydrogen) atoms. The van der Waals surface area contributed by atoms with E-state index in [0.717, 1.165) is 7.05 Å². The third-order valence-electron chi connectivity index (χ3n) is 1.41. The molecule has 0 heterocycles. The molecular weight excluding hydrogens is 254 g/mol. The van der Waals surface area contributed by atoms with E-state index >= 15 is 0 Å². The highest BCUT2D eigenvalue weighted by atomic mass is 79.9. The van der Waals surface area contributed by atoms with Crippen LogP contribution in [0.15, 0.2) is 4.47 Å². The monoisotopic (exact) mass is 259 g/mol. The Morgan fingerprint density at radius 3 is 1.77 bits per heavy atom. The highest BCUT2D eigenvalue weighted by Gasteiger charge is 2.22. The minimum absolute atomic E-state index is 0.212. The third-order valence-corrected chi connectivity index (χ3v) is 2.11. The van der Waals surface area contributed by atoms with Crippen LogP contribution in [0.4, 0.5) is 23.2 Å². The quantitative estimate of drug-likeness (QED) is 0.465. The van der Waals surface area contributed by atoms with Crippen molar-refractivity contribution in [3.05, 3.63) is 27.7 Å². The molecule has 0 aliphatic carbocycles. The third kappa shape index (κ3) is 1.50. The van der Waals surface area contributed by atoms with Crippen LogP contribution in [0.25, 0.3) is 0 Å². The molecule has 6 heteroatoms. The van der Waals surface area contributed by atoms with Crippen LogP contribution in [-0.4, -0.2) is 7.05 Å². The molecule has 0 atom stereocenters. The van der Waals surface area contributed by atoms with Gasteiger partial charge in [0.1, 0.15) is 5.69 Å². The van der Waals surface area contributed by atoms with Crippen LogP contribution in [0.5, 0.6) is 0 Å². The van der Waals surface area contributed by atoms with Gasteiger partial charge in [0.05, 0.1) is 4.47 Å². The first-order chi connectivity index (χ1) is 6.37. The molecule has 0 amide bonds. The number of halogens is 5. The molecule has 0 fully saturated rings. The Labute approximate surface area is 81.3 Å². The van der Waals surface area contributed by atoms with Crippen molar-refractivity contribution in [1.29, 1.82) is 0 Å². The first-order valence-corrected chi connectivity index (χ1v) is 3.91. The molecular formula is C7H4BrF4N. The molecule has 1 rings (SSSR count). The van der Waals surface area contributed by atoms with Gasteiger partial charge in [-0.1, -0.05) is 0 Å². The predicted octanol–water partition coefficient (Wildman–Crippen LogP) is 3.05. The van der Waals surface area contributed by atoms with E-state index in [0.29, 0.717) is 0 Å². The van der Waals surface area contributed by atoms with Crippen molar-refractivity contribution in [2.24, 2.45) is 0 Å². The zero-order valence-electron chi connectivity index (χ0n) is 7.34. The van der Waals surface area contributed by atoms with Crippen LogP contribution < -0.4 is 5.31 Å². The second kappa shape index (κ2) is 3.53. The van der Waals surface area contributed by atoms with Crippen molar-refractivity contribution in [2.45, 2.75) is 0 Å². The molecule has 1 nitrogen and oxygen atoms in total. The molecule has 0 unspecified atom stereocenters. The summed E-state index contributed by atoms with van der Waals surface area (Å²) in [5, 5.41) is 0.212. The Morgan fingerprint density at radius 1 is 1.08 bits per heavy atom. The zero-order valence-corrected chi connectivity index (χ0v) is 7.92. The SMILES string of the molecule is [3H]N(C)c1c(F)c(F)c(Br)c(F)c1F. The lowest BCUT2D eigenvalue weighted by molar-refractivity contribution is 0.451. The maximum Gasteiger partial charge on any atom is 0.186 e. The van der Waals surface area contributed by atoms with Gasteiger partial charge in [0.2, 0.25) is 0 Å². The minimum atomic E-state index is -1.60. The van der Waals surface area contributed by atoms with Gasteiger partial charge in [0.25, 0.3) is 0 Å². The molecule has 0 spiro atoms. The average molecular weight is 260 g/mol. The molecule has 0 aliphatic rings. The lowest BCUT2D eigenvalue weighted by atomic mass is 10.2. The number of hydrogen-bond acceptors (Lipinski definition) is 1. The largest absolute Gasteiger partial charge is 0.383 e. The molecule has 1 aromatic carbocycles. The van der Waals surface area contributed by atoms with Gasteiger partial charge in [0, 0.05) is 7.05 Å². The summed E-state index contributed by atoms with van der Waals surface area (Å²) >= 11 is 2.35. The number of anilines is 1. The van der Waals surface area contributed by atoms with Crippen LogP contribution in [0.1, 0.15) is 0 Å². The Hall–Kier alpha value is -0.780. The maximum absolute atomic E-state index is 13.0. The fourth-order valence-electron chi connectivity index (χ4n) is 0.790. The second-order valence-corrected chi connectivity index (χ2v) is 2.94. The molecule has 0 aromatic heterocycles. The fourth-order valence-corrected chi connectivity index (χ4v) is 1.14. The summed E-state index contributed by atoms with van der Waals surface area (Å²) < 4.78 is 57.6. The van der Waals surface area contributed by atoms with Gasteiger partial charge in [0.15, 0.2) is 24.7 Å². The van der Waals surface area contributed by atoms with Crippen molar-refractivity contribution < 1.29 is 19.0 Å². The van der Waals surface area contributed by atoms with E-state index in [1.165, 1.54) is 0 Å². The molecule has 0 aliphatic heterocycles. The maximum atomic E-state index is 13.0. The van der Waals surface area contributed by atoms with Gasteiger partial charge in [-0.3, -0.25) is 0 Å². The Bertz CT molecular complexity index is 353. The van der Waals surface area contributed by atoms with E-state index in [9.17, 15) is 17.6 Å². The normalized spacial score (nSPS) is 11.4. The van der Waals surface area contributed by atoms with Crippen molar-refractivity contribution in [2.75, 3.05) is 12.4 Å². The topological polar surface area (TPSA) is 12.0 Å². The summed E-state index contributed by atoms with van der Waals surface area (Å²) in [5.41, 5.74) is -1.07. The number of hydrogen-bond donors (Lipinski definition) is 1. The van der Waals surface area contributed by atoms with Crippen LogP contribution in [0.2, 0.25) is 1.41 Å². The van der Waals surface area contributed by atoms with Gasteiger partial charge in [-0.15, -0.1) is 0 Å². The van der Waals surface area contributed by atoms with Gasteiger partial charge >= 0.3 is 0 Å². The van der Waals surface area contributed by atoms with E-state index in [-0.39, 0.29) is 5.31 Å². The van der Waals surface area contributed by atoms with Crippen molar-refractivity contribution in [3.8, 4) is 0 Å². The van der Waals surface area contributed by atoms with Crippen molar-refractivity contribution in [1.82, 2.24) is 0 Å².